The van der Waals surface area contributed by atoms with E-state index in [2.05, 4.69) is 15.3 Å². The van der Waals surface area contributed by atoms with Crippen molar-refractivity contribution in [1.29, 1.82) is 0 Å². The zero-order chi connectivity index (χ0) is 23.8. The fourth-order valence-corrected chi connectivity index (χ4v) is 5.19. The molecule has 2 amide bonds. The van der Waals surface area contributed by atoms with Crippen LogP contribution in [0, 0.1) is 5.82 Å². The predicted octanol–water partition coefficient (Wildman–Crippen LogP) is 2.80. The summed E-state index contributed by atoms with van der Waals surface area (Å²) in [5.74, 6) is -3.01. The molecule has 3 aromatic rings. The van der Waals surface area contributed by atoms with Gasteiger partial charge in [-0.1, -0.05) is 18.2 Å². The molecule has 1 aromatic carbocycles. The normalized spacial score (nSPS) is 19.5. The van der Waals surface area contributed by atoms with Crippen molar-refractivity contribution >= 4 is 34.6 Å². The van der Waals surface area contributed by atoms with E-state index in [9.17, 15) is 18.8 Å². The lowest BCUT2D eigenvalue weighted by Gasteiger charge is -2.39. The number of amides is 2. The first-order valence-electron chi connectivity index (χ1n) is 11.0. The van der Waals surface area contributed by atoms with E-state index in [4.69, 9.17) is 0 Å². The van der Waals surface area contributed by atoms with Crippen LogP contribution in [0.4, 0.5) is 10.1 Å². The standard InChI is InChI=1S/C24H22FN5O3S/c1-14-13-29(23(32)15-5-3-2-4-6-15)8-9-30(14)24(33)21(31)16-11-27-19-18(16)17(25)12-28-20(19)22-26-7-10-34-22/h2-7,10,12,14,16,27H,8-9,11,13H2,1H3/t14-,16?/m1/s1. The summed E-state index contributed by atoms with van der Waals surface area (Å²) in [5, 5.41) is 5.45. The zero-order valence-electron chi connectivity index (χ0n) is 18.4. The van der Waals surface area contributed by atoms with Gasteiger partial charge >= 0.3 is 0 Å². The van der Waals surface area contributed by atoms with Gasteiger partial charge in [0.25, 0.3) is 11.8 Å². The van der Waals surface area contributed by atoms with Gasteiger partial charge in [0.15, 0.2) is 0 Å². The minimum atomic E-state index is -0.944. The minimum absolute atomic E-state index is 0.107. The Bertz CT molecular complexity index is 1250. The second-order valence-electron chi connectivity index (χ2n) is 8.34. The van der Waals surface area contributed by atoms with Crippen LogP contribution >= 0.6 is 11.3 Å². The first-order valence-corrected chi connectivity index (χ1v) is 11.8. The molecule has 5 rings (SSSR count). The monoisotopic (exact) mass is 479 g/mol. The summed E-state index contributed by atoms with van der Waals surface area (Å²) in [6.45, 7) is 2.80. The van der Waals surface area contributed by atoms with Crippen molar-refractivity contribution in [2.24, 2.45) is 0 Å². The highest BCUT2D eigenvalue weighted by Gasteiger charge is 2.41. The number of thiazole rings is 1. The smallest absolute Gasteiger partial charge is 0.291 e. The van der Waals surface area contributed by atoms with E-state index in [0.717, 1.165) is 6.20 Å². The number of rotatable bonds is 4. The topological polar surface area (TPSA) is 95.5 Å². The molecule has 174 valence electrons. The fourth-order valence-electron chi connectivity index (χ4n) is 4.55. The van der Waals surface area contributed by atoms with Gasteiger partial charge in [-0.15, -0.1) is 11.3 Å². The number of hydrogen-bond donors (Lipinski definition) is 1. The van der Waals surface area contributed by atoms with Gasteiger partial charge < -0.3 is 15.1 Å². The summed E-state index contributed by atoms with van der Waals surface area (Å²) in [6.07, 6.45) is 2.70. The van der Waals surface area contributed by atoms with Crippen LogP contribution in [0.15, 0.2) is 48.1 Å². The molecule has 1 N–H and O–H groups in total. The molecule has 2 aliphatic rings. The summed E-state index contributed by atoms with van der Waals surface area (Å²) in [4.78, 5) is 50.7. The highest BCUT2D eigenvalue weighted by molar-refractivity contribution is 7.13. The molecule has 0 spiro atoms. The van der Waals surface area contributed by atoms with Crippen LogP contribution in [0.3, 0.4) is 0 Å². The summed E-state index contributed by atoms with van der Waals surface area (Å²) < 4.78 is 14.8. The lowest BCUT2D eigenvalue weighted by Crippen LogP contribution is -2.57. The van der Waals surface area contributed by atoms with E-state index in [1.54, 1.807) is 40.7 Å². The highest BCUT2D eigenvalue weighted by atomic mass is 32.1. The van der Waals surface area contributed by atoms with Crippen molar-refractivity contribution in [3.63, 3.8) is 0 Å². The maximum atomic E-state index is 14.8. The Morgan fingerprint density at radius 1 is 1.15 bits per heavy atom. The van der Waals surface area contributed by atoms with Gasteiger partial charge in [-0.3, -0.25) is 14.4 Å². The van der Waals surface area contributed by atoms with Gasteiger partial charge in [-0.2, -0.15) is 0 Å². The Morgan fingerprint density at radius 2 is 1.94 bits per heavy atom. The second kappa shape index (κ2) is 8.94. The Labute approximate surface area is 199 Å². The number of aromatic nitrogens is 2. The van der Waals surface area contributed by atoms with Crippen molar-refractivity contribution < 1.29 is 18.8 Å². The summed E-state index contributed by atoms with van der Waals surface area (Å²) in [7, 11) is 0. The number of Topliss-reactive ketones (excluding diaryl/α,β-unsaturated/α-hetero) is 1. The molecular formula is C24H22FN5O3S. The summed E-state index contributed by atoms with van der Waals surface area (Å²) in [5.41, 5.74) is 1.62. The molecule has 1 fully saturated rings. The van der Waals surface area contributed by atoms with Crippen LogP contribution in [0.2, 0.25) is 0 Å². The largest absolute Gasteiger partial charge is 0.382 e. The number of pyridine rings is 1. The number of anilines is 1. The molecule has 0 aliphatic carbocycles. The van der Waals surface area contributed by atoms with Crippen molar-refractivity contribution in [2.75, 3.05) is 31.5 Å². The Kier molecular flexibility index (Phi) is 5.82. The third-order valence-electron chi connectivity index (χ3n) is 6.26. The van der Waals surface area contributed by atoms with Crippen LogP contribution in [-0.4, -0.2) is 69.6 Å². The molecule has 2 aliphatic heterocycles. The van der Waals surface area contributed by atoms with E-state index in [1.807, 2.05) is 13.0 Å². The first kappa shape index (κ1) is 22.1. The van der Waals surface area contributed by atoms with Crippen molar-refractivity contribution in [2.45, 2.75) is 18.9 Å². The third-order valence-corrected chi connectivity index (χ3v) is 7.04. The van der Waals surface area contributed by atoms with Gasteiger partial charge in [0, 0.05) is 54.9 Å². The number of hydrogen-bond acceptors (Lipinski definition) is 7. The molecule has 0 radical (unpaired) electrons. The number of carbonyl (C=O) groups is 3. The molecule has 1 saturated heterocycles. The Morgan fingerprint density at radius 3 is 2.65 bits per heavy atom. The fraction of sp³-hybridized carbons (Fsp3) is 0.292. The van der Waals surface area contributed by atoms with Crippen molar-refractivity contribution in [3.8, 4) is 10.7 Å². The molecule has 8 nitrogen and oxygen atoms in total. The zero-order valence-corrected chi connectivity index (χ0v) is 19.2. The van der Waals surface area contributed by atoms with Gasteiger partial charge in [0.05, 0.1) is 17.8 Å². The Balaban J connectivity index is 1.32. The molecule has 0 bridgehead atoms. The van der Waals surface area contributed by atoms with E-state index in [-0.39, 0.29) is 30.6 Å². The van der Waals surface area contributed by atoms with Crippen LogP contribution in [-0.2, 0) is 9.59 Å². The van der Waals surface area contributed by atoms with Crippen LogP contribution < -0.4 is 5.32 Å². The number of piperazine rings is 1. The maximum absolute atomic E-state index is 14.8. The molecule has 34 heavy (non-hydrogen) atoms. The average molecular weight is 480 g/mol. The molecule has 2 atom stereocenters. The van der Waals surface area contributed by atoms with Gasteiger partial charge in [-0.05, 0) is 19.1 Å². The van der Waals surface area contributed by atoms with E-state index in [0.29, 0.717) is 35.0 Å². The van der Waals surface area contributed by atoms with Gasteiger partial charge in [0.1, 0.15) is 16.5 Å². The molecule has 0 saturated carbocycles. The number of benzene rings is 1. The first-order chi connectivity index (χ1) is 16.5. The SMILES string of the molecule is C[C@@H]1CN(C(=O)c2ccccc2)CCN1C(=O)C(=O)C1CNc2c(-c3nccs3)ncc(F)c21. The molecule has 4 heterocycles. The van der Waals surface area contributed by atoms with Crippen LogP contribution in [0.1, 0.15) is 28.8 Å². The van der Waals surface area contributed by atoms with Gasteiger partial charge in [0.2, 0.25) is 5.78 Å². The molecule has 10 heteroatoms. The minimum Gasteiger partial charge on any atom is -0.382 e. The number of nitrogens with one attached hydrogen (secondary N) is 1. The lowest BCUT2D eigenvalue weighted by molar-refractivity contribution is -0.148. The van der Waals surface area contributed by atoms with Crippen molar-refractivity contribution in [1.82, 2.24) is 19.8 Å². The second-order valence-corrected chi connectivity index (χ2v) is 9.24. The third kappa shape index (κ3) is 3.83. The quantitative estimate of drug-likeness (QED) is 0.579. The number of fused-ring (bicyclic) bond motifs is 1. The maximum Gasteiger partial charge on any atom is 0.291 e. The van der Waals surface area contributed by atoms with E-state index < -0.39 is 23.4 Å². The summed E-state index contributed by atoms with van der Waals surface area (Å²) >= 11 is 1.36. The highest BCUT2D eigenvalue weighted by Crippen LogP contribution is 2.40. The lowest BCUT2D eigenvalue weighted by atomic mass is 9.95. The van der Waals surface area contributed by atoms with Crippen LogP contribution in [0.25, 0.3) is 10.7 Å². The number of ketones is 1. The average Bonchev–Trinajstić information content (AvgIpc) is 3.55. The molecule has 2 aromatic heterocycles. The summed E-state index contributed by atoms with van der Waals surface area (Å²) in [6, 6.07) is 8.61. The van der Waals surface area contributed by atoms with Crippen LogP contribution in [0.5, 0.6) is 0 Å². The number of halogens is 1. The number of nitrogens with zero attached hydrogens (tertiary/aromatic N) is 4. The van der Waals surface area contributed by atoms with E-state index >= 15 is 0 Å². The van der Waals surface area contributed by atoms with Gasteiger partial charge in [-0.25, -0.2) is 14.4 Å². The molecular weight excluding hydrogens is 457 g/mol. The number of carbonyl (C=O) groups excluding carboxylic acids is 3. The Hall–Kier alpha value is -3.66. The predicted molar refractivity (Wildman–Crippen MR) is 125 cm³/mol. The molecule has 1 unspecified atom stereocenters. The van der Waals surface area contributed by atoms with Crippen molar-refractivity contribution in [3.05, 3.63) is 65.0 Å². The van der Waals surface area contributed by atoms with E-state index in [1.165, 1.54) is 16.2 Å².